The fourth-order valence-corrected chi connectivity index (χ4v) is 7.41. The van der Waals surface area contributed by atoms with Gasteiger partial charge < -0.3 is 23.5 Å². The van der Waals surface area contributed by atoms with Gasteiger partial charge in [-0.05, 0) is 31.9 Å². The van der Waals surface area contributed by atoms with E-state index in [1.165, 1.54) is 45.0 Å². The van der Waals surface area contributed by atoms with Gasteiger partial charge in [-0.15, -0.1) is 0 Å². The Morgan fingerprint density at radius 2 is 1.52 bits per heavy atom. The number of hydrogen-bond donors (Lipinski definition) is 3. The molecule has 8 nitrogen and oxygen atoms in total. The average Bonchev–Trinajstić information content (AvgIpc) is 2.86. The molecule has 0 radical (unpaired) electrons. The average molecular weight is 390 g/mol. The van der Waals surface area contributed by atoms with Crippen LogP contribution in [0.5, 0.6) is 0 Å². The lowest BCUT2D eigenvalue weighted by molar-refractivity contribution is 0.333. The normalized spacial score (nSPS) is 15.1. The first-order chi connectivity index (χ1) is 11.5. The summed E-state index contributed by atoms with van der Waals surface area (Å²) in [5.41, 5.74) is 0.446. The Kier molecular flexibility index (Phi) is 5.34. The molecule has 1 unspecified atom stereocenters. The highest BCUT2D eigenvalue weighted by atomic mass is 31.2. The molecule has 1 aromatic heterocycles. The zero-order valence-corrected chi connectivity index (χ0v) is 15.8. The van der Waals surface area contributed by atoms with Gasteiger partial charge in [-0.25, -0.2) is 4.79 Å². The van der Waals surface area contributed by atoms with Crippen molar-refractivity contribution in [3.05, 3.63) is 40.6 Å². The monoisotopic (exact) mass is 390 g/mol. The Morgan fingerprint density at radius 1 is 1.00 bits per heavy atom. The van der Waals surface area contributed by atoms with E-state index < -0.39 is 25.7 Å². The van der Waals surface area contributed by atoms with Crippen LogP contribution in [0.4, 0.5) is 0 Å². The van der Waals surface area contributed by atoms with E-state index in [-0.39, 0.29) is 29.7 Å². The molecule has 2 aromatic rings. The van der Waals surface area contributed by atoms with Crippen LogP contribution in [0, 0.1) is 6.92 Å². The van der Waals surface area contributed by atoms with Crippen LogP contribution in [0.3, 0.4) is 0 Å². The van der Waals surface area contributed by atoms with Crippen molar-refractivity contribution in [3.63, 3.8) is 0 Å². The zero-order chi connectivity index (χ0) is 19.0. The van der Waals surface area contributed by atoms with Gasteiger partial charge in [0.25, 0.3) is 0 Å². The van der Waals surface area contributed by atoms with Crippen molar-refractivity contribution in [1.29, 1.82) is 0 Å². The quantitative estimate of drug-likeness (QED) is 0.640. The molecule has 138 valence electrons. The van der Waals surface area contributed by atoms with Crippen molar-refractivity contribution in [2.75, 3.05) is 0 Å². The summed E-state index contributed by atoms with van der Waals surface area (Å²) < 4.78 is 34.7. The second-order valence-electron chi connectivity index (χ2n) is 5.70. The summed E-state index contributed by atoms with van der Waals surface area (Å²) >= 11 is 0. The Balaban J connectivity index is 2.54. The highest BCUT2D eigenvalue weighted by Crippen LogP contribution is 2.73. The van der Waals surface area contributed by atoms with Gasteiger partial charge >= 0.3 is 13.4 Å². The topological polar surface area (TPSA) is 138 Å². The molecule has 0 aliphatic heterocycles. The van der Waals surface area contributed by atoms with Crippen LogP contribution in [-0.2, 0) is 9.13 Å². The lowest BCUT2D eigenvalue weighted by atomic mass is 10.1. The minimum Gasteiger partial charge on any atom is -0.396 e. The highest BCUT2D eigenvalue weighted by molar-refractivity contribution is 7.79. The second kappa shape index (κ2) is 6.71. The molecule has 0 amide bonds. The molecule has 25 heavy (non-hydrogen) atoms. The van der Waals surface area contributed by atoms with Gasteiger partial charge in [-0.3, -0.25) is 9.13 Å². The van der Waals surface area contributed by atoms with Crippen LogP contribution in [0.1, 0.15) is 32.4 Å². The molecule has 1 aromatic carbocycles. The predicted molar refractivity (Wildman–Crippen MR) is 92.2 cm³/mol. The van der Waals surface area contributed by atoms with Crippen molar-refractivity contribution < 1.29 is 32.6 Å². The molecule has 0 saturated carbocycles. The molecular weight excluding hydrogens is 370 g/mol. The van der Waals surface area contributed by atoms with E-state index in [1.54, 1.807) is 0 Å². The maximum atomic E-state index is 13.0. The van der Waals surface area contributed by atoms with E-state index >= 15 is 0 Å². The number of benzene rings is 1. The van der Waals surface area contributed by atoms with E-state index in [2.05, 4.69) is 0 Å². The fourth-order valence-electron chi connectivity index (χ4n) is 2.93. The van der Waals surface area contributed by atoms with Crippen LogP contribution in [0.15, 0.2) is 37.9 Å². The smallest absolute Gasteiger partial charge is 0.396 e. The largest absolute Gasteiger partial charge is 0.519 e. The Hall–Kier alpha value is -1.43. The molecule has 1 atom stereocenters. The summed E-state index contributed by atoms with van der Waals surface area (Å²) in [6, 6.07) is 5.49. The number of aryl methyl sites for hydroxylation is 1. The Morgan fingerprint density at radius 3 is 1.88 bits per heavy atom. The second-order valence-corrected chi connectivity index (χ2v) is 10.5. The molecular formula is C15H20O8P2. The van der Waals surface area contributed by atoms with E-state index in [4.69, 9.17) is 8.83 Å². The van der Waals surface area contributed by atoms with Crippen molar-refractivity contribution >= 4 is 20.3 Å². The first kappa shape index (κ1) is 19.9. The van der Waals surface area contributed by atoms with Crippen molar-refractivity contribution in [2.45, 2.75) is 38.5 Å². The third kappa shape index (κ3) is 3.21. The molecule has 0 saturated heterocycles. The third-order valence-corrected chi connectivity index (χ3v) is 10.5. The van der Waals surface area contributed by atoms with Gasteiger partial charge in [0.2, 0.25) is 7.37 Å². The molecule has 0 fully saturated rings. The first-order valence-corrected chi connectivity index (χ1v) is 10.9. The minimum atomic E-state index is -4.86. The van der Waals surface area contributed by atoms with Gasteiger partial charge in [0.05, 0.1) is 0 Å². The van der Waals surface area contributed by atoms with Gasteiger partial charge in [-0.1, -0.05) is 26.0 Å². The minimum absolute atomic E-state index is 0.0771. The molecule has 1 heterocycles. The molecule has 0 aliphatic rings. The maximum Gasteiger partial charge on any atom is 0.519 e. The third-order valence-electron chi connectivity index (χ3n) is 4.46. The molecule has 0 spiro atoms. The summed E-state index contributed by atoms with van der Waals surface area (Å²) in [4.78, 5) is 39.1. The van der Waals surface area contributed by atoms with Crippen LogP contribution in [0.25, 0.3) is 11.3 Å². The molecule has 0 aliphatic carbocycles. The van der Waals surface area contributed by atoms with E-state index in [9.17, 15) is 28.6 Å². The summed E-state index contributed by atoms with van der Waals surface area (Å²) in [6.07, 6.45) is -0.307. The Labute approximate surface area is 144 Å². The SMILES string of the molecule is CCC(CC)(P(=O)(O)O)P(=O)(O)c1ccc(-c2oc(=O)oc2C)cc1. The first-order valence-electron chi connectivity index (χ1n) is 7.60. The van der Waals surface area contributed by atoms with E-state index in [0.29, 0.717) is 5.56 Å². The lowest BCUT2D eigenvalue weighted by Crippen LogP contribution is -2.32. The van der Waals surface area contributed by atoms with Gasteiger partial charge in [0.1, 0.15) is 0 Å². The summed E-state index contributed by atoms with van der Waals surface area (Å²) in [6.45, 7) is 4.49. The van der Waals surface area contributed by atoms with Gasteiger partial charge in [0.15, 0.2) is 16.4 Å². The lowest BCUT2D eigenvalue weighted by Gasteiger charge is -2.36. The zero-order valence-electron chi connectivity index (χ0n) is 14.0. The molecule has 0 bridgehead atoms. The van der Waals surface area contributed by atoms with Crippen molar-refractivity contribution in [2.24, 2.45) is 0 Å². The van der Waals surface area contributed by atoms with Crippen LogP contribution in [0.2, 0.25) is 0 Å². The van der Waals surface area contributed by atoms with Gasteiger partial charge in [0, 0.05) is 10.9 Å². The molecule has 2 rings (SSSR count). The van der Waals surface area contributed by atoms with Crippen LogP contribution in [-0.4, -0.2) is 19.6 Å². The van der Waals surface area contributed by atoms with Crippen LogP contribution < -0.4 is 11.1 Å². The fraction of sp³-hybridized carbons (Fsp3) is 0.400. The maximum absolute atomic E-state index is 13.0. The summed E-state index contributed by atoms with van der Waals surface area (Å²) in [5, 5.41) is -0.0771. The Bertz CT molecular complexity index is 898. The van der Waals surface area contributed by atoms with Crippen molar-refractivity contribution in [3.8, 4) is 11.3 Å². The molecule has 3 N–H and O–H groups in total. The van der Waals surface area contributed by atoms with Crippen LogP contribution >= 0.6 is 15.0 Å². The molecule has 10 heteroatoms. The van der Waals surface area contributed by atoms with E-state index in [0.717, 1.165) is 0 Å². The highest BCUT2D eigenvalue weighted by Gasteiger charge is 2.58. The van der Waals surface area contributed by atoms with Gasteiger partial charge in [-0.2, -0.15) is 0 Å². The van der Waals surface area contributed by atoms with E-state index in [1.807, 2.05) is 0 Å². The standard InChI is InChI=1S/C15H20O8P2/c1-4-15(5-2,25(19,20)21)24(17,18)12-8-6-11(7-9-12)13-10(3)22-14(16)23-13/h6-9H,4-5H2,1-3H3,(H,17,18)(H2,19,20,21). The predicted octanol–water partition coefficient (Wildman–Crippen LogP) is 2.80. The van der Waals surface area contributed by atoms with Crippen molar-refractivity contribution in [1.82, 2.24) is 0 Å². The summed E-state index contributed by atoms with van der Waals surface area (Å²) in [7, 11) is -9.26. The number of hydrogen-bond acceptors (Lipinski definition) is 5. The summed E-state index contributed by atoms with van der Waals surface area (Å²) in [5.74, 6) is -0.407. The number of rotatable bonds is 6.